The summed E-state index contributed by atoms with van der Waals surface area (Å²) in [5.41, 5.74) is 0.655. The number of anilines is 1. The van der Waals surface area contributed by atoms with Crippen LogP contribution in [0.2, 0.25) is 0 Å². The van der Waals surface area contributed by atoms with Crippen LogP contribution in [0, 0.1) is 11.7 Å². The second kappa shape index (κ2) is 5.27. The summed E-state index contributed by atoms with van der Waals surface area (Å²) in [6, 6.07) is 5.85. The summed E-state index contributed by atoms with van der Waals surface area (Å²) in [5, 5.41) is 2.79. The minimum absolute atomic E-state index is 0.0110. The number of nitrogens with zero attached hydrogens (tertiary/aromatic N) is 1. The number of nitrogens with one attached hydrogen (secondary N) is 1. The van der Waals surface area contributed by atoms with E-state index >= 15 is 0 Å². The summed E-state index contributed by atoms with van der Waals surface area (Å²) in [4.78, 5) is 14.0. The van der Waals surface area contributed by atoms with Gasteiger partial charge in [0.15, 0.2) is 0 Å². The van der Waals surface area contributed by atoms with Gasteiger partial charge in [0.2, 0.25) is 5.91 Å². The summed E-state index contributed by atoms with van der Waals surface area (Å²) in [5.74, 6) is 0.165. The van der Waals surface area contributed by atoms with Crippen LogP contribution in [0.4, 0.5) is 10.1 Å². The Morgan fingerprint density at radius 1 is 1.47 bits per heavy atom. The van der Waals surface area contributed by atoms with Crippen LogP contribution in [-0.2, 0) is 4.79 Å². The minimum atomic E-state index is -0.291. The molecule has 0 radical (unpaired) electrons. The molecule has 92 valence electrons. The lowest BCUT2D eigenvalue weighted by Crippen LogP contribution is -2.19. The largest absolute Gasteiger partial charge is 0.326 e. The predicted octanol–water partition coefficient (Wildman–Crippen LogP) is 2.11. The number of carbonyl (C=O) groups excluding carboxylic acids is 1. The van der Waals surface area contributed by atoms with Gasteiger partial charge in [-0.3, -0.25) is 4.79 Å². The van der Waals surface area contributed by atoms with Crippen LogP contribution >= 0.6 is 0 Å². The molecule has 1 N–H and O–H groups in total. The molecule has 4 heteroatoms. The molecule has 0 saturated carbocycles. The van der Waals surface area contributed by atoms with Crippen molar-refractivity contribution < 1.29 is 9.18 Å². The monoisotopic (exact) mass is 236 g/mol. The van der Waals surface area contributed by atoms with Crippen molar-refractivity contribution >= 4 is 11.6 Å². The van der Waals surface area contributed by atoms with E-state index in [9.17, 15) is 9.18 Å². The standard InChI is InChI=1S/C13H17FN2O/c1-16-7-6-10(9-16)8-13(17)15-12-4-2-11(14)3-5-12/h2-5,10H,6-9H2,1H3,(H,15,17). The number of likely N-dealkylation sites (tertiary alicyclic amines) is 1. The first-order chi connectivity index (χ1) is 8.13. The molecule has 1 aromatic rings. The van der Waals surface area contributed by atoms with Crippen molar-refractivity contribution in [3.63, 3.8) is 0 Å². The fourth-order valence-electron chi connectivity index (χ4n) is 2.20. The predicted molar refractivity (Wildman–Crippen MR) is 65.3 cm³/mol. The van der Waals surface area contributed by atoms with Crippen LogP contribution in [0.5, 0.6) is 0 Å². The van der Waals surface area contributed by atoms with Gasteiger partial charge in [-0.1, -0.05) is 0 Å². The minimum Gasteiger partial charge on any atom is -0.326 e. The third kappa shape index (κ3) is 3.53. The number of rotatable bonds is 3. The molecule has 1 fully saturated rings. The van der Waals surface area contributed by atoms with Gasteiger partial charge >= 0.3 is 0 Å². The van der Waals surface area contributed by atoms with Gasteiger partial charge in [-0.25, -0.2) is 4.39 Å². The van der Waals surface area contributed by atoms with Gasteiger partial charge < -0.3 is 10.2 Å². The van der Waals surface area contributed by atoms with Crippen molar-refractivity contribution in [3.8, 4) is 0 Å². The van der Waals surface area contributed by atoms with E-state index in [0.29, 0.717) is 18.0 Å². The Hall–Kier alpha value is -1.42. The Morgan fingerprint density at radius 2 is 2.18 bits per heavy atom. The molecule has 0 aliphatic carbocycles. The molecule has 1 amide bonds. The first kappa shape index (κ1) is 12.0. The molecule has 1 saturated heterocycles. The average Bonchev–Trinajstić information content (AvgIpc) is 2.67. The third-order valence-electron chi connectivity index (χ3n) is 3.09. The quantitative estimate of drug-likeness (QED) is 0.871. The van der Waals surface area contributed by atoms with Gasteiger partial charge in [-0.05, 0) is 50.2 Å². The smallest absolute Gasteiger partial charge is 0.224 e. The summed E-state index contributed by atoms with van der Waals surface area (Å²) >= 11 is 0. The number of halogens is 1. The second-order valence-corrected chi connectivity index (χ2v) is 4.68. The number of hydrogen-bond donors (Lipinski definition) is 1. The molecule has 3 nitrogen and oxygen atoms in total. The Balaban J connectivity index is 1.83. The number of benzene rings is 1. The normalized spacial score (nSPS) is 20.5. The number of hydrogen-bond acceptors (Lipinski definition) is 2. The van der Waals surface area contributed by atoms with Crippen molar-refractivity contribution in [1.29, 1.82) is 0 Å². The summed E-state index contributed by atoms with van der Waals surface area (Å²) in [6.07, 6.45) is 1.62. The fraction of sp³-hybridized carbons (Fsp3) is 0.462. The molecule has 1 aromatic carbocycles. The van der Waals surface area contributed by atoms with E-state index in [4.69, 9.17) is 0 Å². The van der Waals surface area contributed by atoms with Gasteiger partial charge in [0.25, 0.3) is 0 Å². The van der Waals surface area contributed by atoms with Gasteiger partial charge in [0, 0.05) is 18.7 Å². The zero-order valence-corrected chi connectivity index (χ0v) is 9.95. The molecule has 17 heavy (non-hydrogen) atoms. The lowest BCUT2D eigenvalue weighted by Gasteiger charge is -2.10. The highest BCUT2D eigenvalue weighted by Gasteiger charge is 2.21. The zero-order valence-electron chi connectivity index (χ0n) is 9.95. The van der Waals surface area contributed by atoms with E-state index in [0.717, 1.165) is 19.5 Å². The fourth-order valence-corrected chi connectivity index (χ4v) is 2.20. The first-order valence-corrected chi connectivity index (χ1v) is 5.87. The molecule has 1 atom stereocenters. The highest BCUT2D eigenvalue weighted by Crippen LogP contribution is 2.18. The van der Waals surface area contributed by atoms with Gasteiger partial charge in [0.1, 0.15) is 5.82 Å². The lowest BCUT2D eigenvalue weighted by atomic mass is 10.0. The Bertz CT molecular complexity index is 391. The van der Waals surface area contributed by atoms with Crippen molar-refractivity contribution in [3.05, 3.63) is 30.1 Å². The average molecular weight is 236 g/mol. The Kier molecular flexibility index (Phi) is 3.74. The molecule has 1 heterocycles. The molecular formula is C13H17FN2O. The van der Waals surface area contributed by atoms with Crippen LogP contribution in [0.15, 0.2) is 24.3 Å². The maximum atomic E-state index is 12.7. The SMILES string of the molecule is CN1CCC(CC(=O)Nc2ccc(F)cc2)C1. The first-order valence-electron chi connectivity index (χ1n) is 5.87. The van der Waals surface area contributed by atoms with Crippen LogP contribution in [0.3, 0.4) is 0 Å². The van der Waals surface area contributed by atoms with Crippen molar-refractivity contribution in [1.82, 2.24) is 4.90 Å². The Labute approximate surface area is 101 Å². The van der Waals surface area contributed by atoms with E-state index < -0.39 is 0 Å². The molecule has 0 spiro atoms. The van der Waals surface area contributed by atoms with E-state index in [1.807, 2.05) is 0 Å². The lowest BCUT2D eigenvalue weighted by molar-refractivity contribution is -0.117. The molecule has 1 aliphatic rings. The topological polar surface area (TPSA) is 32.3 Å². The Morgan fingerprint density at radius 3 is 2.76 bits per heavy atom. The van der Waals surface area contributed by atoms with Crippen molar-refractivity contribution in [2.24, 2.45) is 5.92 Å². The van der Waals surface area contributed by atoms with Crippen LogP contribution in [-0.4, -0.2) is 30.9 Å². The summed E-state index contributed by atoms with van der Waals surface area (Å²) < 4.78 is 12.7. The van der Waals surface area contributed by atoms with Gasteiger partial charge in [-0.15, -0.1) is 0 Å². The summed E-state index contributed by atoms with van der Waals surface area (Å²) in [7, 11) is 2.07. The highest BCUT2D eigenvalue weighted by molar-refractivity contribution is 5.90. The molecule has 0 aromatic heterocycles. The number of carbonyl (C=O) groups is 1. The summed E-state index contributed by atoms with van der Waals surface area (Å²) in [6.45, 7) is 2.05. The molecule has 0 bridgehead atoms. The van der Waals surface area contributed by atoms with E-state index in [2.05, 4.69) is 17.3 Å². The third-order valence-corrected chi connectivity index (χ3v) is 3.09. The molecule has 2 rings (SSSR count). The molecular weight excluding hydrogens is 219 g/mol. The second-order valence-electron chi connectivity index (χ2n) is 4.68. The van der Waals surface area contributed by atoms with E-state index in [1.54, 1.807) is 12.1 Å². The van der Waals surface area contributed by atoms with Crippen LogP contribution in [0.25, 0.3) is 0 Å². The van der Waals surface area contributed by atoms with E-state index in [-0.39, 0.29) is 11.7 Å². The molecule has 1 aliphatic heterocycles. The van der Waals surface area contributed by atoms with Gasteiger partial charge in [-0.2, -0.15) is 0 Å². The zero-order chi connectivity index (χ0) is 12.3. The van der Waals surface area contributed by atoms with Crippen LogP contribution in [0.1, 0.15) is 12.8 Å². The van der Waals surface area contributed by atoms with Crippen molar-refractivity contribution in [2.45, 2.75) is 12.8 Å². The molecule has 1 unspecified atom stereocenters. The highest BCUT2D eigenvalue weighted by atomic mass is 19.1. The van der Waals surface area contributed by atoms with Crippen molar-refractivity contribution in [2.75, 3.05) is 25.5 Å². The number of amides is 1. The van der Waals surface area contributed by atoms with Gasteiger partial charge in [0.05, 0.1) is 0 Å². The maximum Gasteiger partial charge on any atom is 0.224 e. The van der Waals surface area contributed by atoms with Crippen LogP contribution < -0.4 is 5.32 Å². The van der Waals surface area contributed by atoms with E-state index in [1.165, 1.54) is 12.1 Å². The maximum absolute atomic E-state index is 12.7.